The van der Waals surface area contributed by atoms with Gasteiger partial charge in [-0.25, -0.2) is 9.59 Å². The molecule has 0 saturated heterocycles. The highest BCUT2D eigenvalue weighted by Crippen LogP contribution is 2.41. The first kappa shape index (κ1) is 24.5. The van der Waals surface area contributed by atoms with E-state index in [1.54, 1.807) is 0 Å². The molecule has 35 heavy (non-hydrogen) atoms. The first-order valence-electron chi connectivity index (χ1n) is 9.77. The molecule has 12 nitrogen and oxygen atoms in total. The fourth-order valence-corrected chi connectivity index (χ4v) is 2.95. The third-order valence-corrected chi connectivity index (χ3v) is 4.68. The number of methoxy groups -OCH3 is 1. The normalized spacial score (nSPS) is 10.2. The summed E-state index contributed by atoms with van der Waals surface area (Å²) in [6.07, 6.45) is 0. The van der Waals surface area contributed by atoms with Gasteiger partial charge in [0.05, 0.1) is 33.6 Å². The molecule has 0 aliphatic heterocycles. The van der Waals surface area contributed by atoms with Crippen molar-refractivity contribution in [3.8, 4) is 17.2 Å². The molecule has 0 N–H and O–H groups in total. The van der Waals surface area contributed by atoms with E-state index in [2.05, 4.69) is 0 Å². The van der Waals surface area contributed by atoms with Crippen LogP contribution < -0.4 is 14.2 Å². The Morgan fingerprint density at radius 2 is 1.14 bits per heavy atom. The zero-order valence-corrected chi connectivity index (χ0v) is 18.3. The van der Waals surface area contributed by atoms with Crippen LogP contribution in [0.15, 0.2) is 60.7 Å². The minimum Gasteiger partial charge on any atom is -0.492 e. The predicted molar refractivity (Wildman–Crippen MR) is 119 cm³/mol. The third kappa shape index (κ3) is 5.45. The van der Waals surface area contributed by atoms with Gasteiger partial charge in [0.15, 0.2) is 17.3 Å². The van der Waals surface area contributed by atoms with Crippen LogP contribution in [0.25, 0.3) is 0 Å². The summed E-state index contributed by atoms with van der Waals surface area (Å²) in [6.45, 7) is 1.25. The van der Waals surface area contributed by atoms with E-state index in [9.17, 15) is 34.6 Å². The topological polar surface area (TPSA) is 165 Å². The van der Waals surface area contributed by atoms with Crippen LogP contribution in [0.1, 0.15) is 38.0 Å². The number of carbonyl (C=O) groups is 3. The van der Waals surface area contributed by atoms with E-state index in [-0.39, 0.29) is 45.3 Å². The molecular weight excluding hydrogens is 464 g/mol. The smallest absolute Gasteiger partial charge is 0.343 e. The minimum absolute atomic E-state index is 0.0298. The summed E-state index contributed by atoms with van der Waals surface area (Å²) in [5.74, 6) is -3.15. The van der Waals surface area contributed by atoms with E-state index in [1.165, 1.54) is 50.4 Å². The van der Waals surface area contributed by atoms with Gasteiger partial charge >= 0.3 is 11.9 Å². The molecule has 0 radical (unpaired) electrons. The number of ether oxygens (including phenoxy) is 3. The Bertz CT molecular complexity index is 1330. The number of rotatable bonds is 8. The number of ketones is 1. The molecule has 0 heterocycles. The van der Waals surface area contributed by atoms with Crippen molar-refractivity contribution in [2.24, 2.45) is 0 Å². The molecule has 0 aliphatic carbocycles. The first-order chi connectivity index (χ1) is 16.6. The zero-order chi connectivity index (χ0) is 25.7. The Kier molecular flexibility index (Phi) is 7.15. The molecule has 3 aromatic rings. The molecule has 0 aromatic heterocycles. The maximum atomic E-state index is 12.7. The molecule has 3 aromatic carbocycles. The highest BCUT2D eigenvalue weighted by molar-refractivity contribution is 6.00. The lowest BCUT2D eigenvalue weighted by Gasteiger charge is -2.16. The van der Waals surface area contributed by atoms with Crippen molar-refractivity contribution in [3.63, 3.8) is 0 Å². The van der Waals surface area contributed by atoms with E-state index in [4.69, 9.17) is 14.2 Å². The number of benzene rings is 3. The van der Waals surface area contributed by atoms with Gasteiger partial charge in [-0.3, -0.25) is 25.0 Å². The third-order valence-electron chi connectivity index (χ3n) is 4.68. The maximum Gasteiger partial charge on any atom is 0.343 e. The van der Waals surface area contributed by atoms with E-state index in [0.29, 0.717) is 0 Å². The van der Waals surface area contributed by atoms with E-state index in [0.717, 1.165) is 24.3 Å². The highest BCUT2D eigenvalue weighted by Gasteiger charge is 2.25. The maximum absolute atomic E-state index is 12.7. The van der Waals surface area contributed by atoms with Crippen LogP contribution in [0.5, 0.6) is 17.2 Å². The van der Waals surface area contributed by atoms with Gasteiger partial charge < -0.3 is 14.2 Å². The zero-order valence-electron chi connectivity index (χ0n) is 18.3. The fraction of sp³-hybridized carbons (Fsp3) is 0.0870. The van der Waals surface area contributed by atoms with E-state index < -0.39 is 27.6 Å². The lowest BCUT2D eigenvalue weighted by molar-refractivity contribution is -0.385. The molecular formula is C23H16N2O10. The average Bonchev–Trinajstić information content (AvgIpc) is 2.84. The van der Waals surface area contributed by atoms with Gasteiger partial charge in [-0.1, -0.05) is 0 Å². The molecule has 0 bridgehead atoms. The van der Waals surface area contributed by atoms with E-state index >= 15 is 0 Å². The minimum atomic E-state index is -0.966. The average molecular weight is 480 g/mol. The van der Waals surface area contributed by atoms with Crippen LogP contribution >= 0.6 is 0 Å². The summed E-state index contributed by atoms with van der Waals surface area (Å²) >= 11 is 0. The Morgan fingerprint density at radius 1 is 0.686 bits per heavy atom. The van der Waals surface area contributed by atoms with Gasteiger partial charge in [0.25, 0.3) is 11.4 Å². The van der Waals surface area contributed by atoms with Crippen molar-refractivity contribution in [1.29, 1.82) is 0 Å². The molecule has 3 rings (SSSR count). The number of carbonyl (C=O) groups excluding carboxylic acids is 3. The molecule has 12 heteroatoms. The number of nitro benzene ring substituents is 2. The number of hydrogen-bond donors (Lipinski definition) is 0. The van der Waals surface area contributed by atoms with Crippen LogP contribution in [0.2, 0.25) is 0 Å². The van der Waals surface area contributed by atoms with Gasteiger partial charge in [0, 0.05) is 24.3 Å². The van der Waals surface area contributed by atoms with Gasteiger partial charge in [0.1, 0.15) is 0 Å². The second-order valence-electron chi connectivity index (χ2n) is 6.92. The second-order valence-corrected chi connectivity index (χ2v) is 6.92. The number of non-ortho nitro benzene ring substituents is 2. The van der Waals surface area contributed by atoms with Crippen molar-refractivity contribution < 1.29 is 38.4 Å². The lowest BCUT2D eigenvalue weighted by atomic mass is 10.1. The summed E-state index contributed by atoms with van der Waals surface area (Å²) < 4.78 is 16.0. The Hall–Kier alpha value is -5.13. The molecule has 0 unspecified atom stereocenters. The molecule has 0 atom stereocenters. The van der Waals surface area contributed by atoms with Crippen molar-refractivity contribution >= 4 is 29.1 Å². The van der Waals surface area contributed by atoms with Gasteiger partial charge in [-0.15, -0.1) is 0 Å². The van der Waals surface area contributed by atoms with Crippen LogP contribution in [0.4, 0.5) is 11.4 Å². The molecule has 0 spiro atoms. The predicted octanol–water partition coefficient (Wildman–Crippen LogP) is 4.15. The summed E-state index contributed by atoms with van der Waals surface area (Å²) in [5.41, 5.74) is -0.521. The standard InChI is InChI=1S/C23H16N2O10/c1-13(26)18-11-12-19(34-22(27)14-3-7-16(8-4-14)24(29)30)21(20(18)33-2)35-23(28)15-5-9-17(10-6-15)25(31)32/h3-12H,1-2H3. The van der Waals surface area contributed by atoms with Gasteiger partial charge in [0.2, 0.25) is 5.75 Å². The number of nitro groups is 2. The molecule has 0 aliphatic rings. The first-order valence-corrected chi connectivity index (χ1v) is 9.77. The SMILES string of the molecule is COc1c(C(C)=O)ccc(OC(=O)c2ccc([N+](=O)[O-])cc2)c1OC(=O)c1ccc([N+](=O)[O-])cc1. The van der Waals surface area contributed by atoms with Gasteiger partial charge in [-0.05, 0) is 43.3 Å². The monoisotopic (exact) mass is 480 g/mol. The van der Waals surface area contributed by atoms with Crippen molar-refractivity contribution in [2.75, 3.05) is 7.11 Å². The number of hydrogen-bond acceptors (Lipinski definition) is 10. The largest absolute Gasteiger partial charge is 0.492 e. The Labute approximate surface area is 197 Å². The lowest BCUT2D eigenvalue weighted by Crippen LogP contribution is -2.14. The fourth-order valence-electron chi connectivity index (χ4n) is 2.95. The van der Waals surface area contributed by atoms with Crippen LogP contribution in [-0.4, -0.2) is 34.7 Å². The Morgan fingerprint density at radius 3 is 1.54 bits per heavy atom. The molecule has 178 valence electrons. The van der Waals surface area contributed by atoms with E-state index in [1.807, 2.05) is 0 Å². The van der Waals surface area contributed by atoms with Crippen molar-refractivity contribution in [3.05, 3.63) is 97.6 Å². The van der Waals surface area contributed by atoms with Gasteiger partial charge in [-0.2, -0.15) is 0 Å². The van der Waals surface area contributed by atoms with Crippen molar-refractivity contribution in [2.45, 2.75) is 6.92 Å². The molecule has 0 amide bonds. The van der Waals surface area contributed by atoms with Crippen LogP contribution in [0, 0.1) is 20.2 Å². The quantitative estimate of drug-likeness (QED) is 0.150. The Balaban J connectivity index is 1.97. The molecule has 0 saturated carbocycles. The second kappa shape index (κ2) is 10.2. The highest BCUT2D eigenvalue weighted by atomic mass is 16.6. The summed E-state index contributed by atoms with van der Waals surface area (Å²) in [7, 11) is 1.22. The summed E-state index contributed by atoms with van der Waals surface area (Å²) in [6, 6.07) is 11.7. The van der Waals surface area contributed by atoms with Crippen LogP contribution in [-0.2, 0) is 0 Å². The number of Topliss-reactive ketones (excluding diaryl/α,β-unsaturated/α-hetero) is 1. The summed E-state index contributed by atoms with van der Waals surface area (Å²) in [5, 5.41) is 21.6. The van der Waals surface area contributed by atoms with Crippen LogP contribution in [0.3, 0.4) is 0 Å². The molecule has 0 fully saturated rings. The number of esters is 2. The number of nitrogens with zero attached hydrogens (tertiary/aromatic N) is 2. The van der Waals surface area contributed by atoms with Crippen molar-refractivity contribution in [1.82, 2.24) is 0 Å². The summed E-state index contributed by atoms with van der Waals surface area (Å²) in [4.78, 5) is 57.7.